The number of ether oxygens (including phenoxy) is 1. The first-order valence-electron chi connectivity index (χ1n) is 12.7. The van der Waals surface area contributed by atoms with E-state index >= 15 is 0 Å². The maximum absolute atomic E-state index is 14.1. The molecule has 0 fully saturated rings. The standard InChI is InChI=1S/C29H41N3O5/c1-9-32(25(26(34)30-18(2)3)23-15-10-19(4)16-20(23)5)27(35)24(31-28(36)37-29(6,7)8)17-21-11-13-22(33)14-12-21/h10-16,18,24-25,33H,9,17H2,1-8H3,(H,30,34)(H,31,36). The summed E-state index contributed by atoms with van der Waals surface area (Å²) in [6.07, 6.45) is -0.573. The van der Waals surface area contributed by atoms with Crippen molar-refractivity contribution >= 4 is 17.9 Å². The fourth-order valence-electron chi connectivity index (χ4n) is 4.13. The largest absolute Gasteiger partial charge is 0.508 e. The molecule has 3 N–H and O–H groups in total. The van der Waals surface area contributed by atoms with Gasteiger partial charge in [-0.25, -0.2) is 4.79 Å². The molecule has 2 aromatic carbocycles. The van der Waals surface area contributed by atoms with Crippen LogP contribution in [0.25, 0.3) is 0 Å². The molecule has 0 aromatic heterocycles. The summed E-state index contributed by atoms with van der Waals surface area (Å²) >= 11 is 0. The molecule has 2 rings (SSSR count). The van der Waals surface area contributed by atoms with E-state index in [9.17, 15) is 19.5 Å². The number of alkyl carbamates (subject to hydrolysis) is 1. The molecule has 0 radical (unpaired) electrons. The van der Waals surface area contributed by atoms with Crippen LogP contribution in [0.15, 0.2) is 42.5 Å². The van der Waals surface area contributed by atoms with E-state index in [0.29, 0.717) is 0 Å². The highest BCUT2D eigenvalue weighted by Crippen LogP contribution is 2.27. The van der Waals surface area contributed by atoms with Gasteiger partial charge in [-0.15, -0.1) is 0 Å². The number of aryl methyl sites for hydroxylation is 2. The van der Waals surface area contributed by atoms with Crippen LogP contribution in [0, 0.1) is 13.8 Å². The first-order valence-corrected chi connectivity index (χ1v) is 12.7. The van der Waals surface area contributed by atoms with Gasteiger partial charge in [-0.05, 0) is 84.2 Å². The molecule has 2 atom stereocenters. The molecule has 202 valence electrons. The molecule has 0 bridgehead atoms. The Bertz CT molecular complexity index is 1090. The maximum atomic E-state index is 14.1. The Balaban J connectivity index is 2.51. The molecule has 0 aliphatic rings. The summed E-state index contributed by atoms with van der Waals surface area (Å²) in [6, 6.07) is 10.2. The number of aromatic hydroxyl groups is 1. The summed E-state index contributed by atoms with van der Waals surface area (Å²) in [4.78, 5) is 41.7. The fraction of sp³-hybridized carbons (Fsp3) is 0.483. The number of hydrogen-bond acceptors (Lipinski definition) is 5. The molecule has 0 spiro atoms. The van der Waals surface area contributed by atoms with Gasteiger partial charge in [-0.2, -0.15) is 0 Å². The molecule has 0 aliphatic heterocycles. The molecule has 2 aromatic rings. The van der Waals surface area contributed by atoms with Crippen LogP contribution in [0.5, 0.6) is 5.75 Å². The third-order valence-corrected chi connectivity index (χ3v) is 5.70. The number of amides is 3. The Morgan fingerprint density at radius 2 is 1.62 bits per heavy atom. The van der Waals surface area contributed by atoms with E-state index in [4.69, 9.17) is 4.74 Å². The molecule has 8 nitrogen and oxygen atoms in total. The SMILES string of the molecule is CCN(C(=O)C(Cc1ccc(O)cc1)NC(=O)OC(C)(C)C)C(C(=O)NC(C)C)c1ccc(C)cc1C. The Labute approximate surface area is 220 Å². The summed E-state index contributed by atoms with van der Waals surface area (Å²) in [5, 5.41) is 15.3. The minimum atomic E-state index is -1.00. The van der Waals surface area contributed by atoms with Crippen molar-refractivity contribution in [2.24, 2.45) is 0 Å². The summed E-state index contributed by atoms with van der Waals surface area (Å²) in [7, 11) is 0. The van der Waals surface area contributed by atoms with Gasteiger partial charge in [-0.3, -0.25) is 9.59 Å². The zero-order valence-corrected chi connectivity index (χ0v) is 23.2. The number of carbonyl (C=O) groups is 3. The number of phenols is 1. The van der Waals surface area contributed by atoms with Gasteiger partial charge >= 0.3 is 6.09 Å². The Morgan fingerprint density at radius 3 is 2.14 bits per heavy atom. The lowest BCUT2D eigenvalue weighted by Gasteiger charge is -2.35. The quantitative estimate of drug-likeness (QED) is 0.457. The molecule has 0 saturated heterocycles. The molecule has 8 heteroatoms. The monoisotopic (exact) mass is 511 g/mol. The average molecular weight is 512 g/mol. The second-order valence-corrected chi connectivity index (χ2v) is 10.6. The second kappa shape index (κ2) is 12.6. The number of phenolic OH excluding ortho intramolecular Hbond substituents is 1. The minimum Gasteiger partial charge on any atom is -0.508 e. The van der Waals surface area contributed by atoms with Crippen molar-refractivity contribution in [3.8, 4) is 5.75 Å². The van der Waals surface area contributed by atoms with Crippen molar-refractivity contribution < 1.29 is 24.2 Å². The van der Waals surface area contributed by atoms with Crippen LogP contribution in [-0.4, -0.2) is 52.1 Å². The molecule has 0 saturated carbocycles. The second-order valence-electron chi connectivity index (χ2n) is 10.6. The third-order valence-electron chi connectivity index (χ3n) is 5.70. The molecule has 37 heavy (non-hydrogen) atoms. The lowest BCUT2D eigenvalue weighted by Crippen LogP contribution is -2.54. The van der Waals surface area contributed by atoms with Crippen molar-refractivity contribution in [2.45, 2.75) is 85.5 Å². The van der Waals surface area contributed by atoms with Gasteiger partial charge in [0, 0.05) is 19.0 Å². The summed E-state index contributed by atoms with van der Waals surface area (Å²) in [5.74, 6) is -0.606. The first-order chi connectivity index (χ1) is 17.2. The van der Waals surface area contributed by atoms with Crippen molar-refractivity contribution in [1.82, 2.24) is 15.5 Å². The van der Waals surface area contributed by atoms with Gasteiger partial charge in [0.25, 0.3) is 0 Å². The lowest BCUT2D eigenvalue weighted by atomic mass is 9.95. The van der Waals surface area contributed by atoms with Crippen LogP contribution in [0.1, 0.15) is 69.8 Å². The molecule has 0 heterocycles. The molecular weight excluding hydrogens is 470 g/mol. The number of carbonyl (C=O) groups excluding carboxylic acids is 3. The van der Waals surface area contributed by atoms with Crippen LogP contribution >= 0.6 is 0 Å². The van der Waals surface area contributed by atoms with Crippen LogP contribution in [-0.2, 0) is 20.7 Å². The highest BCUT2D eigenvalue weighted by atomic mass is 16.6. The molecule has 3 amide bonds. The van der Waals surface area contributed by atoms with Gasteiger partial charge in [0.2, 0.25) is 11.8 Å². The number of rotatable bonds is 9. The highest BCUT2D eigenvalue weighted by molar-refractivity contribution is 5.92. The fourth-order valence-corrected chi connectivity index (χ4v) is 4.13. The molecule has 0 aliphatic carbocycles. The normalized spacial score (nSPS) is 13.0. The van der Waals surface area contributed by atoms with Gasteiger partial charge in [0.1, 0.15) is 23.4 Å². The molecular formula is C29H41N3O5. The van der Waals surface area contributed by atoms with E-state index in [0.717, 1.165) is 22.3 Å². The van der Waals surface area contributed by atoms with Crippen molar-refractivity contribution in [1.29, 1.82) is 0 Å². The van der Waals surface area contributed by atoms with E-state index in [1.54, 1.807) is 32.9 Å². The van der Waals surface area contributed by atoms with E-state index in [1.807, 2.05) is 52.8 Å². The summed E-state index contributed by atoms with van der Waals surface area (Å²) in [5.41, 5.74) is 2.65. The third kappa shape index (κ3) is 8.81. The van der Waals surface area contributed by atoms with Crippen LogP contribution in [0.3, 0.4) is 0 Å². The predicted octanol–water partition coefficient (Wildman–Crippen LogP) is 4.56. The van der Waals surface area contributed by atoms with Gasteiger partial charge < -0.3 is 25.4 Å². The zero-order valence-electron chi connectivity index (χ0n) is 23.2. The lowest BCUT2D eigenvalue weighted by molar-refractivity contribution is -0.142. The highest BCUT2D eigenvalue weighted by Gasteiger charge is 2.36. The smallest absolute Gasteiger partial charge is 0.408 e. The maximum Gasteiger partial charge on any atom is 0.408 e. The number of hydrogen-bond donors (Lipinski definition) is 3. The Morgan fingerprint density at radius 1 is 1.00 bits per heavy atom. The summed E-state index contributed by atoms with van der Waals surface area (Å²) in [6.45, 7) is 14.9. The van der Waals surface area contributed by atoms with Gasteiger partial charge in [-0.1, -0.05) is 35.9 Å². The van der Waals surface area contributed by atoms with Crippen LogP contribution in [0.2, 0.25) is 0 Å². The zero-order chi connectivity index (χ0) is 27.9. The predicted molar refractivity (Wildman–Crippen MR) is 144 cm³/mol. The minimum absolute atomic E-state index is 0.0992. The number of benzene rings is 2. The molecule has 2 unspecified atom stereocenters. The van der Waals surface area contributed by atoms with Crippen LogP contribution < -0.4 is 10.6 Å². The number of nitrogens with one attached hydrogen (secondary N) is 2. The van der Waals surface area contributed by atoms with E-state index in [-0.39, 0.29) is 30.7 Å². The van der Waals surface area contributed by atoms with Crippen LogP contribution in [0.4, 0.5) is 4.79 Å². The van der Waals surface area contributed by atoms with Gasteiger partial charge in [0.05, 0.1) is 0 Å². The number of nitrogens with zero attached hydrogens (tertiary/aromatic N) is 1. The summed E-state index contributed by atoms with van der Waals surface area (Å²) < 4.78 is 5.43. The Kier molecular flexibility index (Phi) is 10.1. The van der Waals surface area contributed by atoms with Crippen molar-refractivity contribution in [3.63, 3.8) is 0 Å². The topological polar surface area (TPSA) is 108 Å². The van der Waals surface area contributed by atoms with Gasteiger partial charge in [0.15, 0.2) is 0 Å². The van der Waals surface area contributed by atoms with Crippen molar-refractivity contribution in [2.75, 3.05) is 6.54 Å². The number of likely N-dealkylation sites (N-methyl/N-ethyl adjacent to an activating group) is 1. The van der Waals surface area contributed by atoms with Crippen molar-refractivity contribution in [3.05, 3.63) is 64.7 Å². The van der Waals surface area contributed by atoms with E-state index in [1.165, 1.54) is 17.0 Å². The Hall–Kier alpha value is -3.55. The first kappa shape index (κ1) is 29.7. The average Bonchev–Trinajstić information content (AvgIpc) is 2.77. The van der Waals surface area contributed by atoms with E-state index < -0.39 is 29.7 Å². The van der Waals surface area contributed by atoms with E-state index in [2.05, 4.69) is 10.6 Å².